The van der Waals surface area contributed by atoms with E-state index in [9.17, 15) is 14.4 Å². The predicted octanol–water partition coefficient (Wildman–Crippen LogP) is 8.52. The van der Waals surface area contributed by atoms with Crippen LogP contribution in [-0.2, 0) is 14.3 Å². The summed E-state index contributed by atoms with van der Waals surface area (Å²) in [6.07, 6.45) is 6.31. The van der Waals surface area contributed by atoms with Crippen LogP contribution in [0.1, 0.15) is 121 Å². The van der Waals surface area contributed by atoms with Crippen molar-refractivity contribution in [3.8, 4) is 33.9 Å². The molecule has 0 unspecified atom stereocenters. The second-order valence-electron chi connectivity index (χ2n) is 19.4. The SMILES string of the molecule is C[C@H](C(=O)N[C@H](c1ncc(-c2cnc(-c3ccc(-c4cnc([C@@H](NC(=O)[C@](C)(OC(=O)N(C)C)C(C)(C)C)C(C)(C)C)[nH]4)cc3)cn2)[nH]1)C(C)(C)C)C(C)(C)C. The molecule has 0 aliphatic heterocycles. The van der Waals surface area contributed by atoms with Crippen LogP contribution >= 0.6 is 0 Å². The van der Waals surface area contributed by atoms with Crippen LogP contribution in [0.5, 0.6) is 0 Å². The van der Waals surface area contributed by atoms with Gasteiger partial charge in [0.1, 0.15) is 17.3 Å². The topological polar surface area (TPSA) is 171 Å². The molecule has 4 atom stereocenters. The third-order valence-corrected chi connectivity index (χ3v) is 10.7. The van der Waals surface area contributed by atoms with Crippen molar-refractivity contribution in [1.82, 2.24) is 45.4 Å². The molecule has 13 heteroatoms. The van der Waals surface area contributed by atoms with Crippen LogP contribution in [0.2, 0.25) is 0 Å². The van der Waals surface area contributed by atoms with Crippen LogP contribution in [0.3, 0.4) is 0 Å². The minimum atomic E-state index is -1.45. The first-order chi connectivity index (χ1) is 25.6. The zero-order chi connectivity index (χ0) is 42.2. The fraction of sp³-hybridized carbons (Fsp3) is 0.558. The molecule has 56 heavy (non-hydrogen) atoms. The molecular weight excluding hydrogens is 707 g/mol. The van der Waals surface area contributed by atoms with Gasteiger partial charge in [0.05, 0.1) is 54.0 Å². The molecule has 3 heterocycles. The Kier molecular flexibility index (Phi) is 12.3. The number of nitrogens with one attached hydrogen (secondary N) is 4. The van der Waals surface area contributed by atoms with E-state index in [1.807, 2.05) is 72.7 Å². The molecule has 0 radical (unpaired) electrons. The summed E-state index contributed by atoms with van der Waals surface area (Å²) in [7, 11) is 3.17. The van der Waals surface area contributed by atoms with E-state index >= 15 is 0 Å². The lowest BCUT2D eigenvalue weighted by Gasteiger charge is -2.42. The number of hydrogen-bond donors (Lipinski definition) is 4. The molecule has 1 aromatic carbocycles. The van der Waals surface area contributed by atoms with Crippen LogP contribution in [0.15, 0.2) is 49.1 Å². The standard InChI is InChI=1S/C43H63N9O4/c1-25(39(2,3)4)36(53)50-32(40(5,6)7)34-47-24-31(49-34)30-23-44-28(21-45-30)26-17-19-27(20-18-26)29-22-46-35(48-29)33(41(8,9)10)51-37(54)43(14,42(11,12)13)56-38(55)52(15)16/h17-25,32-33H,1-16H3,(H,46,48)(H,47,49)(H,50,53)(H,51,54)/t25-,32-,33-,43+/m1/s1. The lowest BCUT2D eigenvalue weighted by molar-refractivity contribution is -0.152. The summed E-state index contributed by atoms with van der Waals surface area (Å²) in [5.74, 6) is 0.647. The van der Waals surface area contributed by atoms with Gasteiger partial charge in [0.2, 0.25) is 5.91 Å². The predicted molar refractivity (Wildman–Crippen MR) is 220 cm³/mol. The summed E-state index contributed by atoms with van der Waals surface area (Å²) in [5, 5.41) is 6.36. The van der Waals surface area contributed by atoms with Gasteiger partial charge in [-0.3, -0.25) is 19.6 Å². The lowest BCUT2D eigenvalue weighted by Crippen LogP contribution is -2.58. The number of nitrogens with zero attached hydrogens (tertiary/aromatic N) is 5. The van der Waals surface area contributed by atoms with Crippen molar-refractivity contribution >= 4 is 17.9 Å². The maximum absolute atomic E-state index is 13.9. The van der Waals surface area contributed by atoms with Gasteiger partial charge < -0.3 is 30.2 Å². The van der Waals surface area contributed by atoms with Crippen molar-refractivity contribution in [2.75, 3.05) is 14.1 Å². The van der Waals surface area contributed by atoms with Crippen molar-refractivity contribution in [1.29, 1.82) is 0 Å². The molecule has 0 saturated heterocycles. The molecule has 4 aromatic rings. The second-order valence-corrected chi connectivity index (χ2v) is 19.4. The summed E-state index contributed by atoms with van der Waals surface area (Å²) in [4.78, 5) is 66.5. The first kappa shape index (κ1) is 43.7. The fourth-order valence-electron chi connectivity index (χ4n) is 5.81. The largest absolute Gasteiger partial charge is 0.432 e. The fourth-order valence-corrected chi connectivity index (χ4v) is 5.81. The summed E-state index contributed by atoms with van der Waals surface area (Å²) in [6, 6.07) is 7.06. The highest BCUT2D eigenvalue weighted by Crippen LogP contribution is 2.39. The zero-order valence-electron chi connectivity index (χ0n) is 36.2. The van der Waals surface area contributed by atoms with E-state index in [0.29, 0.717) is 28.7 Å². The highest BCUT2D eigenvalue weighted by Gasteiger charge is 2.50. The number of carbonyl (C=O) groups is 3. The smallest absolute Gasteiger partial charge is 0.410 e. The maximum Gasteiger partial charge on any atom is 0.410 e. The Morgan fingerprint density at radius 2 is 1.09 bits per heavy atom. The lowest BCUT2D eigenvalue weighted by atomic mass is 9.76. The number of H-pyrrole nitrogens is 2. The van der Waals surface area contributed by atoms with Gasteiger partial charge >= 0.3 is 6.09 Å². The monoisotopic (exact) mass is 770 g/mol. The molecule has 0 spiro atoms. The van der Waals surface area contributed by atoms with Crippen LogP contribution in [0.4, 0.5) is 4.79 Å². The molecule has 0 saturated carbocycles. The van der Waals surface area contributed by atoms with Crippen LogP contribution < -0.4 is 10.6 Å². The molecule has 4 rings (SSSR count). The summed E-state index contributed by atoms with van der Waals surface area (Å²) >= 11 is 0. The normalized spacial score (nSPS) is 15.3. The number of aromatic nitrogens is 6. The average Bonchev–Trinajstić information content (AvgIpc) is 3.78. The number of benzene rings is 1. The minimum Gasteiger partial charge on any atom is -0.432 e. The summed E-state index contributed by atoms with van der Waals surface area (Å²) < 4.78 is 5.79. The van der Waals surface area contributed by atoms with Gasteiger partial charge in [-0.1, -0.05) is 114 Å². The number of ether oxygens (including phenoxy) is 1. The van der Waals surface area contributed by atoms with Crippen molar-refractivity contribution in [3.05, 3.63) is 60.7 Å². The minimum absolute atomic E-state index is 0.0123. The van der Waals surface area contributed by atoms with Crippen LogP contribution in [0.25, 0.3) is 33.9 Å². The van der Waals surface area contributed by atoms with Gasteiger partial charge in [-0.15, -0.1) is 0 Å². The molecular formula is C43H63N9O4. The van der Waals surface area contributed by atoms with Crippen LogP contribution in [-0.4, -0.2) is 72.4 Å². The Hall–Kier alpha value is -5.07. The van der Waals surface area contributed by atoms with E-state index < -0.39 is 34.5 Å². The number of carbonyl (C=O) groups excluding carboxylic acids is 3. The van der Waals surface area contributed by atoms with E-state index in [2.05, 4.69) is 77.1 Å². The zero-order valence-corrected chi connectivity index (χ0v) is 36.2. The maximum atomic E-state index is 13.9. The molecule has 13 nitrogen and oxygen atoms in total. The van der Waals surface area contributed by atoms with Gasteiger partial charge in [-0.2, -0.15) is 0 Å². The number of rotatable bonds is 10. The number of imidazole rings is 2. The number of hydrogen-bond acceptors (Lipinski definition) is 8. The van der Waals surface area contributed by atoms with E-state index in [1.165, 1.54) is 4.90 Å². The Balaban J connectivity index is 1.51. The Labute approximate surface area is 332 Å². The molecule has 4 N–H and O–H groups in total. The van der Waals surface area contributed by atoms with E-state index in [0.717, 1.165) is 16.8 Å². The van der Waals surface area contributed by atoms with E-state index in [-0.39, 0.29) is 28.7 Å². The van der Waals surface area contributed by atoms with E-state index in [4.69, 9.17) is 9.72 Å². The summed E-state index contributed by atoms with van der Waals surface area (Å²) in [6.45, 7) is 27.7. The molecule has 304 valence electrons. The quantitative estimate of drug-likeness (QED) is 0.124. The molecule has 0 aliphatic carbocycles. The van der Waals surface area contributed by atoms with Crippen molar-refractivity contribution in [3.63, 3.8) is 0 Å². The average molecular weight is 770 g/mol. The first-order valence-electron chi connectivity index (χ1n) is 19.2. The Bertz CT molecular complexity index is 1990. The second kappa shape index (κ2) is 15.8. The molecule has 3 amide bonds. The Morgan fingerprint density at radius 3 is 1.55 bits per heavy atom. The van der Waals surface area contributed by atoms with Gasteiger partial charge in [0.15, 0.2) is 5.60 Å². The van der Waals surface area contributed by atoms with Crippen molar-refractivity contribution in [2.24, 2.45) is 27.6 Å². The number of aromatic amines is 2. The third kappa shape index (κ3) is 9.83. The summed E-state index contributed by atoms with van der Waals surface area (Å²) in [5.41, 5.74) is 1.57. The van der Waals surface area contributed by atoms with Crippen molar-refractivity contribution < 1.29 is 19.1 Å². The third-order valence-electron chi connectivity index (χ3n) is 10.7. The molecule has 0 fully saturated rings. The highest BCUT2D eigenvalue weighted by atomic mass is 16.6. The first-order valence-corrected chi connectivity index (χ1v) is 19.2. The molecule has 0 aliphatic rings. The molecule has 3 aromatic heterocycles. The van der Waals surface area contributed by atoms with Gasteiger partial charge in [0, 0.05) is 31.0 Å². The van der Waals surface area contributed by atoms with Crippen LogP contribution in [0, 0.1) is 27.6 Å². The Morgan fingerprint density at radius 1 is 0.625 bits per heavy atom. The van der Waals surface area contributed by atoms with Gasteiger partial charge in [0.25, 0.3) is 5.91 Å². The molecule has 0 bridgehead atoms. The highest BCUT2D eigenvalue weighted by molar-refractivity contribution is 5.88. The van der Waals surface area contributed by atoms with Gasteiger partial charge in [-0.25, -0.2) is 14.8 Å². The van der Waals surface area contributed by atoms with Gasteiger partial charge in [-0.05, 0) is 28.7 Å². The van der Waals surface area contributed by atoms with E-state index in [1.54, 1.807) is 45.8 Å². The van der Waals surface area contributed by atoms with Crippen molar-refractivity contribution in [2.45, 2.75) is 115 Å². The number of amides is 3.